The molecular formula is C7H2Cl2F3NO. The van der Waals surface area contributed by atoms with Crippen LogP contribution >= 0.6 is 23.2 Å². The molecule has 0 aliphatic rings. The number of halogens is 5. The summed E-state index contributed by atoms with van der Waals surface area (Å²) in [5.74, 6) is -1.31. The van der Waals surface area contributed by atoms with Crippen LogP contribution in [0.1, 0.15) is 22.3 Å². The first kappa shape index (κ1) is 11.3. The van der Waals surface area contributed by atoms with Crippen molar-refractivity contribution in [1.29, 1.82) is 0 Å². The normalized spacial score (nSPS) is 10.7. The van der Waals surface area contributed by atoms with Crippen LogP contribution in [0.15, 0.2) is 6.20 Å². The number of hydrogen-bond donors (Lipinski definition) is 0. The molecule has 1 aromatic heterocycles. The van der Waals surface area contributed by atoms with Gasteiger partial charge in [-0.3, -0.25) is 4.79 Å². The van der Waals surface area contributed by atoms with E-state index in [0.717, 1.165) is 0 Å². The second-order valence-electron chi connectivity index (χ2n) is 2.26. The minimum absolute atomic E-state index is 0.507. The standard InChI is InChI=1S/C7H2Cl2F3NO/c8-5-4(6(9)14)3(7(11)12)2(10)1-13-5/h1,7H. The van der Waals surface area contributed by atoms with E-state index in [-0.39, 0.29) is 0 Å². The van der Waals surface area contributed by atoms with E-state index < -0.39 is 33.8 Å². The van der Waals surface area contributed by atoms with Crippen LogP contribution in [-0.4, -0.2) is 10.2 Å². The lowest BCUT2D eigenvalue weighted by Crippen LogP contribution is -2.04. The van der Waals surface area contributed by atoms with Crippen molar-refractivity contribution < 1.29 is 18.0 Å². The Morgan fingerprint density at radius 2 is 2.07 bits per heavy atom. The molecule has 1 heterocycles. The van der Waals surface area contributed by atoms with Crippen LogP contribution in [0.2, 0.25) is 5.15 Å². The number of hydrogen-bond acceptors (Lipinski definition) is 2. The molecule has 0 N–H and O–H groups in total. The minimum Gasteiger partial charge on any atom is -0.275 e. The summed E-state index contributed by atoms with van der Waals surface area (Å²) >= 11 is 10.3. The van der Waals surface area contributed by atoms with E-state index in [0.29, 0.717) is 6.20 Å². The monoisotopic (exact) mass is 243 g/mol. The second kappa shape index (κ2) is 4.14. The zero-order valence-electron chi connectivity index (χ0n) is 6.40. The Bertz CT molecular complexity index is 383. The summed E-state index contributed by atoms with van der Waals surface area (Å²) in [6.07, 6.45) is -2.67. The number of rotatable bonds is 2. The van der Waals surface area contributed by atoms with Crippen LogP contribution in [0.3, 0.4) is 0 Å². The van der Waals surface area contributed by atoms with Gasteiger partial charge in [-0.05, 0) is 11.6 Å². The van der Waals surface area contributed by atoms with Crippen molar-refractivity contribution in [2.75, 3.05) is 0 Å². The molecule has 1 rings (SSSR count). The van der Waals surface area contributed by atoms with Gasteiger partial charge in [0.25, 0.3) is 11.7 Å². The van der Waals surface area contributed by atoms with Crippen molar-refractivity contribution in [3.63, 3.8) is 0 Å². The van der Waals surface area contributed by atoms with Gasteiger partial charge in [-0.15, -0.1) is 0 Å². The van der Waals surface area contributed by atoms with Gasteiger partial charge >= 0.3 is 0 Å². The topological polar surface area (TPSA) is 30.0 Å². The minimum atomic E-state index is -3.17. The molecule has 0 unspecified atom stereocenters. The van der Waals surface area contributed by atoms with Gasteiger partial charge in [-0.2, -0.15) is 0 Å². The van der Waals surface area contributed by atoms with E-state index in [1.807, 2.05) is 0 Å². The van der Waals surface area contributed by atoms with Gasteiger partial charge in [-0.25, -0.2) is 18.2 Å². The Balaban J connectivity index is 3.50. The molecule has 14 heavy (non-hydrogen) atoms. The van der Waals surface area contributed by atoms with E-state index in [1.165, 1.54) is 0 Å². The molecule has 0 amide bonds. The molecule has 0 atom stereocenters. The molecular weight excluding hydrogens is 242 g/mol. The average molecular weight is 244 g/mol. The Kier molecular flexibility index (Phi) is 3.34. The zero-order valence-corrected chi connectivity index (χ0v) is 7.91. The van der Waals surface area contributed by atoms with Gasteiger partial charge in [0, 0.05) is 0 Å². The third-order valence-electron chi connectivity index (χ3n) is 1.44. The number of aromatic nitrogens is 1. The molecule has 0 spiro atoms. The molecule has 0 radical (unpaired) electrons. The maximum Gasteiger partial charge on any atom is 0.267 e. The Labute approximate surface area is 86.6 Å². The fourth-order valence-electron chi connectivity index (χ4n) is 0.878. The van der Waals surface area contributed by atoms with Crippen LogP contribution < -0.4 is 0 Å². The van der Waals surface area contributed by atoms with Crippen molar-refractivity contribution >= 4 is 28.4 Å². The van der Waals surface area contributed by atoms with Crippen molar-refractivity contribution in [3.05, 3.63) is 28.3 Å². The van der Waals surface area contributed by atoms with Crippen molar-refractivity contribution in [1.82, 2.24) is 4.98 Å². The number of carbonyl (C=O) groups excluding carboxylic acids is 1. The summed E-state index contributed by atoms with van der Waals surface area (Å²) in [5, 5.41) is -1.81. The highest BCUT2D eigenvalue weighted by Crippen LogP contribution is 2.30. The molecule has 0 aromatic carbocycles. The van der Waals surface area contributed by atoms with Gasteiger partial charge in [-0.1, -0.05) is 11.6 Å². The Morgan fingerprint density at radius 1 is 1.50 bits per heavy atom. The smallest absolute Gasteiger partial charge is 0.267 e. The summed E-state index contributed by atoms with van der Waals surface area (Å²) in [5.41, 5.74) is -1.91. The van der Waals surface area contributed by atoms with Crippen LogP contribution in [0, 0.1) is 5.82 Å². The summed E-state index contributed by atoms with van der Waals surface area (Å²) in [4.78, 5) is 13.9. The lowest BCUT2D eigenvalue weighted by Gasteiger charge is -2.06. The molecule has 76 valence electrons. The highest BCUT2D eigenvalue weighted by Gasteiger charge is 2.25. The molecule has 7 heteroatoms. The highest BCUT2D eigenvalue weighted by atomic mass is 35.5. The zero-order chi connectivity index (χ0) is 10.9. The highest BCUT2D eigenvalue weighted by molar-refractivity contribution is 6.68. The van der Waals surface area contributed by atoms with Crippen LogP contribution in [0.5, 0.6) is 0 Å². The summed E-state index contributed by atoms with van der Waals surface area (Å²) in [6, 6.07) is 0. The van der Waals surface area contributed by atoms with Gasteiger partial charge in [0.05, 0.1) is 17.3 Å². The van der Waals surface area contributed by atoms with E-state index >= 15 is 0 Å². The van der Waals surface area contributed by atoms with Crippen molar-refractivity contribution in [3.8, 4) is 0 Å². The van der Waals surface area contributed by atoms with E-state index in [2.05, 4.69) is 4.98 Å². The predicted molar refractivity (Wildman–Crippen MR) is 44.3 cm³/mol. The van der Waals surface area contributed by atoms with Gasteiger partial charge < -0.3 is 0 Å². The fourth-order valence-corrected chi connectivity index (χ4v) is 1.35. The maximum absolute atomic E-state index is 12.8. The molecule has 1 aromatic rings. The first-order valence-electron chi connectivity index (χ1n) is 3.27. The second-order valence-corrected chi connectivity index (χ2v) is 2.96. The van der Waals surface area contributed by atoms with Gasteiger partial charge in [0.2, 0.25) is 0 Å². The quantitative estimate of drug-likeness (QED) is 0.590. The molecule has 2 nitrogen and oxygen atoms in total. The van der Waals surface area contributed by atoms with Gasteiger partial charge in [0.1, 0.15) is 5.15 Å². The van der Waals surface area contributed by atoms with E-state index in [9.17, 15) is 18.0 Å². The number of alkyl halides is 2. The number of nitrogens with zero attached hydrogens (tertiary/aromatic N) is 1. The third kappa shape index (κ3) is 1.99. The van der Waals surface area contributed by atoms with Crippen molar-refractivity contribution in [2.24, 2.45) is 0 Å². The average Bonchev–Trinajstić information content (AvgIpc) is 2.07. The van der Waals surface area contributed by atoms with E-state index in [1.54, 1.807) is 0 Å². The largest absolute Gasteiger partial charge is 0.275 e. The van der Waals surface area contributed by atoms with Gasteiger partial charge in [0.15, 0.2) is 5.82 Å². The fraction of sp³-hybridized carbons (Fsp3) is 0.143. The Hall–Kier alpha value is -0.810. The first-order chi connectivity index (χ1) is 6.45. The van der Waals surface area contributed by atoms with E-state index in [4.69, 9.17) is 23.2 Å². The number of carbonyl (C=O) groups is 1. The van der Waals surface area contributed by atoms with Crippen LogP contribution in [0.4, 0.5) is 13.2 Å². The lowest BCUT2D eigenvalue weighted by atomic mass is 10.1. The lowest BCUT2D eigenvalue weighted by molar-refractivity contribution is 0.106. The summed E-state index contributed by atoms with van der Waals surface area (Å²) < 4.78 is 37.4. The molecule has 0 aliphatic carbocycles. The van der Waals surface area contributed by atoms with Crippen LogP contribution in [-0.2, 0) is 0 Å². The first-order valence-corrected chi connectivity index (χ1v) is 4.02. The summed E-state index contributed by atoms with van der Waals surface area (Å²) in [6.45, 7) is 0. The SMILES string of the molecule is O=C(Cl)c1c(Cl)ncc(F)c1C(F)F. The molecule has 0 fully saturated rings. The summed E-state index contributed by atoms with van der Waals surface area (Å²) in [7, 11) is 0. The molecule has 0 bridgehead atoms. The molecule has 0 aliphatic heterocycles. The number of pyridine rings is 1. The van der Waals surface area contributed by atoms with Crippen LogP contribution in [0.25, 0.3) is 0 Å². The Morgan fingerprint density at radius 3 is 2.43 bits per heavy atom. The predicted octanol–water partition coefficient (Wildman–Crippen LogP) is 3.19. The molecule has 0 saturated heterocycles. The van der Waals surface area contributed by atoms with Crippen molar-refractivity contribution in [2.45, 2.75) is 6.43 Å². The third-order valence-corrected chi connectivity index (χ3v) is 1.91. The molecule has 0 saturated carbocycles. The maximum atomic E-state index is 12.8.